The Morgan fingerprint density at radius 3 is 2.53 bits per heavy atom. The molecule has 1 aliphatic rings. The number of rotatable bonds is 3. The zero-order chi connectivity index (χ0) is 14.0. The van der Waals surface area contributed by atoms with Crippen LogP contribution in [0.5, 0.6) is 0 Å². The summed E-state index contributed by atoms with van der Waals surface area (Å²) in [6.07, 6.45) is 0. The van der Waals surface area contributed by atoms with Gasteiger partial charge in [-0.1, -0.05) is 0 Å². The highest BCUT2D eigenvalue weighted by Gasteiger charge is 2.29. The lowest BCUT2D eigenvalue weighted by Crippen LogP contribution is -2.38. The Balaban J connectivity index is 2.44. The molecule has 0 amide bonds. The Labute approximate surface area is 114 Å². The molecule has 1 aliphatic heterocycles. The quantitative estimate of drug-likeness (QED) is 0.910. The van der Waals surface area contributed by atoms with Gasteiger partial charge in [-0.25, -0.2) is 17.6 Å². The molecule has 0 unspecified atom stereocenters. The molecule has 104 valence electrons. The molecule has 1 heterocycles. The average Bonchev–Trinajstić information content (AvgIpc) is 2.39. The van der Waals surface area contributed by atoms with Gasteiger partial charge in [0.1, 0.15) is 10.7 Å². The third kappa shape index (κ3) is 2.90. The highest BCUT2D eigenvalue weighted by molar-refractivity contribution is 7.99. The molecule has 8 heteroatoms. The van der Waals surface area contributed by atoms with E-state index in [1.807, 2.05) is 0 Å². The number of carbonyl (C=O) groups is 1. The van der Waals surface area contributed by atoms with Crippen LogP contribution in [0.4, 0.5) is 4.39 Å². The second kappa shape index (κ2) is 5.48. The van der Waals surface area contributed by atoms with E-state index < -0.39 is 26.7 Å². The monoisotopic (exact) mass is 305 g/mol. The normalized spacial score (nSPS) is 17.3. The van der Waals surface area contributed by atoms with Crippen molar-refractivity contribution in [2.45, 2.75) is 4.90 Å². The molecule has 19 heavy (non-hydrogen) atoms. The van der Waals surface area contributed by atoms with E-state index in [2.05, 4.69) is 0 Å². The molecule has 0 saturated carbocycles. The molecule has 0 aromatic heterocycles. The number of aromatic carboxylic acids is 1. The standard InChI is InChI=1S/C11H12FNO4S2/c12-9-2-1-8(11(14)15)7-10(9)19(16,17)13-3-5-18-6-4-13/h1-2,7H,3-6H2,(H,14,15). The van der Waals surface area contributed by atoms with Crippen molar-refractivity contribution in [1.29, 1.82) is 0 Å². The van der Waals surface area contributed by atoms with Gasteiger partial charge in [-0.2, -0.15) is 16.1 Å². The SMILES string of the molecule is O=C(O)c1ccc(F)c(S(=O)(=O)N2CCSCC2)c1. The van der Waals surface area contributed by atoms with E-state index in [0.29, 0.717) is 24.6 Å². The van der Waals surface area contributed by atoms with Gasteiger partial charge in [0.25, 0.3) is 0 Å². The van der Waals surface area contributed by atoms with Gasteiger partial charge in [-0.05, 0) is 18.2 Å². The predicted octanol–water partition coefficient (Wildman–Crippen LogP) is 1.26. The van der Waals surface area contributed by atoms with Crippen molar-refractivity contribution in [2.75, 3.05) is 24.6 Å². The summed E-state index contributed by atoms with van der Waals surface area (Å²) >= 11 is 1.63. The maximum Gasteiger partial charge on any atom is 0.335 e. The van der Waals surface area contributed by atoms with E-state index in [-0.39, 0.29) is 5.56 Å². The van der Waals surface area contributed by atoms with Crippen molar-refractivity contribution in [1.82, 2.24) is 4.31 Å². The van der Waals surface area contributed by atoms with E-state index in [4.69, 9.17) is 5.11 Å². The minimum atomic E-state index is -3.97. The number of sulfonamides is 1. The summed E-state index contributed by atoms with van der Waals surface area (Å²) in [4.78, 5) is 10.3. The van der Waals surface area contributed by atoms with Gasteiger partial charge < -0.3 is 5.11 Å². The molecule has 1 N–H and O–H groups in total. The Morgan fingerprint density at radius 2 is 1.95 bits per heavy atom. The van der Waals surface area contributed by atoms with Crippen molar-refractivity contribution in [2.24, 2.45) is 0 Å². The van der Waals surface area contributed by atoms with Crippen LogP contribution in [0.2, 0.25) is 0 Å². The third-order valence-electron chi connectivity index (χ3n) is 2.77. The minimum absolute atomic E-state index is 0.244. The Morgan fingerprint density at radius 1 is 1.32 bits per heavy atom. The van der Waals surface area contributed by atoms with E-state index >= 15 is 0 Å². The van der Waals surface area contributed by atoms with Crippen molar-refractivity contribution in [3.8, 4) is 0 Å². The van der Waals surface area contributed by atoms with E-state index in [9.17, 15) is 17.6 Å². The minimum Gasteiger partial charge on any atom is -0.478 e. The van der Waals surface area contributed by atoms with Gasteiger partial charge in [-0.15, -0.1) is 0 Å². The van der Waals surface area contributed by atoms with Gasteiger partial charge in [0.15, 0.2) is 0 Å². The lowest BCUT2D eigenvalue weighted by Gasteiger charge is -2.25. The Hall–Kier alpha value is -1.12. The molecule has 1 fully saturated rings. The number of nitrogens with zero attached hydrogens (tertiary/aromatic N) is 1. The van der Waals surface area contributed by atoms with Crippen LogP contribution in [0.15, 0.2) is 23.1 Å². The molecule has 1 aromatic rings. The van der Waals surface area contributed by atoms with Gasteiger partial charge >= 0.3 is 5.97 Å². The topological polar surface area (TPSA) is 74.7 Å². The molecule has 1 aromatic carbocycles. The summed E-state index contributed by atoms with van der Waals surface area (Å²) < 4.78 is 39.4. The fraction of sp³-hybridized carbons (Fsp3) is 0.364. The number of carboxylic acids is 1. The smallest absolute Gasteiger partial charge is 0.335 e. The summed E-state index contributed by atoms with van der Waals surface area (Å²) in [5.41, 5.74) is -0.244. The first kappa shape index (κ1) is 14.3. The van der Waals surface area contributed by atoms with E-state index in [1.165, 1.54) is 4.31 Å². The highest BCUT2D eigenvalue weighted by Crippen LogP contribution is 2.23. The van der Waals surface area contributed by atoms with Crippen LogP contribution in [-0.2, 0) is 10.0 Å². The summed E-state index contributed by atoms with van der Waals surface area (Å²) in [5, 5.41) is 8.84. The number of thioether (sulfide) groups is 1. The number of halogens is 1. The van der Waals surface area contributed by atoms with Gasteiger partial charge in [-0.3, -0.25) is 0 Å². The van der Waals surface area contributed by atoms with Gasteiger partial charge in [0, 0.05) is 24.6 Å². The van der Waals surface area contributed by atoms with Crippen LogP contribution < -0.4 is 0 Å². The zero-order valence-electron chi connectivity index (χ0n) is 9.87. The molecule has 0 radical (unpaired) electrons. The lowest BCUT2D eigenvalue weighted by molar-refractivity contribution is 0.0696. The first-order valence-electron chi connectivity index (χ1n) is 5.53. The largest absolute Gasteiger partial charge is 0.478 e. The van der Waals surface area contributed by atoms with E-state index in [1.54, 1.807) is 11.8 Å². The summed E-state index contributed by atoms with van der Waals surface area (Å²) in [7, 11) is -3.97. The maximum absolute atomic E-state index is 13.7. The maximum atomic E-state index is 13.7. The first-order valence-corrected chi connectivity index (χ1v) is 8.13. The van der Waals surface area contributed by atoms with Crippen LogP contribution in [0.3, 0.4) is 0 Å². The zero-order valence-corrected chi connectivity index (χ0v) is 11.5. The van der Waals surface area contributed by atoms with Crippen molar-refractivity contribution >= 4 is 27.8 Å². The molecule has 5 nitrogen and oxygen atoms in total. The van der Waals surface area contributed by atoms with Crippen LogP contribution >= 0.6 is 11.8 Å². The summed E-state index contributed by atoms with van der Waals surface area (Å²) in [5.74, 6) is -0.909. The van der Waals surface area contributed by atoms with Crippen LogP contribution in [0, 0.1) is 5.82 Å². The molecule has 0 bridgehead atoms. The molecular weight excluding hydrogens is 293 g/mol. The van der Waals surface area contributed by atoms with Crippen LogP contribution in [-0.4, -0.2) is 48.4 Å². The molecule has 1 saturated heterocycles. The predicted molar refractivity (Wildman–Crippen MR) is 69.4 cm³/mol. The number of hydrogen-bond donors (Lipinski definition) is 1. The van der Waals surface area contributed by atoms with Gasteiger partial charge in [0.05, 0.1) is 5.56 Å². The summed E-state index contributed by atoms with van der Waals surface area (Å²) in [6.45, 7) is 0.619. The van der Waals surface area contributed by atoms with Crippen LogP contribution in [0.1, 0.15) is 10.4 Å². The average molecular weight is 305 g/mol. The first-order chi connectivity index (χ1) is 8.93. The molecule has 0 atom stereocenters. The van der Waals surface area contributed by atoms with Gasteiger partial charge in [0.2, 0.25) is 10.0 Å². The van der Waals surface area contributed by atoms with Crippen molar-refractivity contribution in [3.05, 3.63) is 29.6 Å². The molecule has 2 rings (SSSR count). The van der Waals surface area contributed by atoms with Crippen LogP contribution in [0.25, 0.3) is 0 Å². The summed E-state index contributed by atoms with van der Waals surface area (Å²) in [6, 6.07) is 2.78. The Kier molecular flexibility index (Phi) is 4.12. The number of carboxylic acid groups (broad SMARTS) is 1. The number of benzene rings is 1. The molecular formula is C11H12FNO4S2. The second-order valence-electron chi connectivity index (χ2n) is 3.97. The lowest BCUT2D eigenvalue weighted by atomic mass is 10.2. The van der Waals surface area contributed by atoms with E-state index in [0.717, 1.165) is 18.2 Å². The fourth-order valence-electron chi connectivity index (χ4n) is 1.76. The third-order valence-corrected chi connectivity index (χ3v) is 5.62. The highest BCUT2D eigenvalue weighted by atomic mass is 32.2. The fourth-order valence-corrected chi connectivity index (χ4v) is 4.43. The molecule has 0 aliphatic carbocycles. The molecule has 0 spiro atoms. The Bertz CT molecular complexity index is 597. The second-order valence-corrected chi connectivity index (χ2v) is 7.10. The van der Waals surface area contributed by atoms with Crippen molar-refractivity contribution < 1.29 is 22.7 Å². The number of hydrogen-bond acceptors (Lipinski definition) is 4. The van der Waals surface area contributed by atoms with Crippen molar-refractivity contribution in [3.63, 3.8) is 0 Å².